The molecule has 1 heterocycles. The van der Waals surface area contributed by atoms with E-state index < -0.39 is 0 Å². The molecular weight excluding hydrogens is 286 g/mol. The molecule has 2 saturated carbocycles. The maximum atomic E-state index is 12.7. The Morgan fingerprint density at radius 2 is 1.86 bits per heavy atom. The lowest BCUT2D eigenvalue weighted by atomic mass is 9.90. The van der Waals surface area contributed by atoms with E-state index in [0.29, 0.717) is 24.5 Å². The second-order valence-electron chi connectivity index (χ2n) is 7.45. The molecule has 0 spiro atoms. The summed E-state index contributed by atoms with van der Waals surface area (Å²) in [6.07, 6.45) is 8.63. The molecule has 3 rings (SSSR count). The highest BCUT2D eigenvalue weighted by atomic mass is 35.5. The van der Waals surface area contributed by atoms with Crippen molar-refractivity contribution in [2.75, 3.05) is 26.2 Å². The van der Waals surface area contributed by atoms with Crippen LogP contribution in [0.5, 0.6) is 0 Å². The molecule has 5 heteroatoms. The Kier molecular flexibility index (Phi) is 5.55. The summed E-state index contributed by atoms with van der Waals surface area (Å²) < 4.78 is 0. The van der Waals surface area contributed by atoms with Crippen LogP contribution in [0, 0.1) is 5.41 Å². The highest BCUT2D eigenvalue weighted by molar-refractivity contribution is 5.85. The zero-order chi connectivity index (χ0) is 14.2. The molecular formula is C16H30ClN3O. The normalized spacial score (nSPS) is 30.4. The van der Waals surface area contributed by atoms with E-state index in [9.17, 15) is 4.79 Å². The van der Waals surface area contributed by atoms with Crippen LogP contribution in [-0.2, 0) is 4.79 Å². The summed E-state index contributed by atoms with van der Waals surface area (Å²) in [6, 6.07) is 1.10. The van der Waals surface area contributed by atoms with Crippen LogP contribution in [0.3, 0.4) is 0 Å². The fourth-order valence-electron chi connectivity index (χ4n) is 3.94. The molecule has 122 valence electrons. The number of hydrogen-bond donors (Lipinski definition) is 1. The Morgan fingerprint density at radius 3 is 2.38 bits per heavy atom. The molecule has 1 atom stereocenters. The van der Waals surface area contributed by atoms with Crippen LogP contribution in [0.4, 0.5) is 0 Å². The van der Waals surface area contributed by atoms with Gasteiger partial charge in [-0.2, -0.15) is 0 Å². The standard InChI is InChI=1S/C16H29N3O.ClH/c1-16(11-17)8-9-18(12-16)10-15(20)19(14-6-7-14)13-4-2-3-5-13;/h13-14H,2-12,17H2,1H3;1H. The van der Waals surface area contributed by atoms with Gasteiger partial charge in [0.15, 0.2) is 0 Å². The van der Waals surface area contributed by atoms with Gasteiger partial charge >= 0.3 is 0 Å². The number of nitrogens with zero attached hydrogens (tertiary/aromatic N) is 2. The van der Waals surface area contributed by atoms with Gasteiger partial charge < -0.3 is 10.6 Å². The SMILES string of the molecule is CC1(CN)CCN(CC(=O)N(C2CCCC2)C2CC2)C1.Cl. The predicted molar refractivity (Wildman–Crippen MR) is 87.6 cm³/mol. The highest BCUT2D eigenvalue weighted by Gasteiger charge is 2.40. The smallest absolute Gasteiger partial charge is 0.237 e. The Hall–Kier alpha value is -0.320. The molecule has 0 aromatic rings. The highest BCUT2D eigenvalue weighted by Crippen LogP contribution is 2.35. The van der Waals surface area contributed by atoms with Crippen molar-refractivity contribution in [1.82, 2.24) is 9.80 Å². The van der Waals surface area contributed by atoms with Gasteiger partial charge in [-0.05, 0) is 50.6 Å². The summed E-state index contributed by atoms with van der Waals surface area (Å²) in [7, 11) is 0. The molecule has 1 saturated heterocycles. The van der Waals surface area contributed by atoms with Crippen LogP contribution >= 0.6 is 12.4 Å². The van der Waals surface area contributed by atoms with Gasteiger partial charge in [0.2, 0.25) is 5.91 Å². The van der Waals surface area contributed by atoms with Crippen LogP contribution in [0.25, 0.3) is 0 Å². The lowest BCUT2D eigenvalue weighted by molar-refractivity contribution is -0.135. The number of carbonyl (C=O) groups excluding carboxylic acids is 1. The van der Waals surface area contributed by atoms with Gasteiger partial charge in [0.1, 0.15) is 0 Å². The summed E-state index contributed by atoms with van der Waals surface area (Å²) >= 11 is 0. The molecule has 2 aliphatic carbocycles. The number of rotatable bonds is 5. The molecule has 3 aliphatic rings. The average molecular weight is 316 g/mol. The maximum absolute atomic E-state index is 12.7. The lowest BCUT2D eigenvalue weighted by Gasteiger charge is -2.31. The number of hydrogen-bond acceptors (Lipinski definition) is 3. The van der Waals surface area contributed by atoms with Crippen molar-refractivity contribution in [3.05, 3.63) is 0 Å². The Morgan fingerprint density at radius 1 is 1.24 bits per heavy atom. The average Bonchev–Trinajstić information content (AvgIpc) is 2.96. The van der Waals surface area contributed by atoms with Crippen LogP contribution in [-0.4, -0.2) is 54.0 Å². The number of nitrogens with two attached hydrogens (primary N) is 1. The van der Waals surface area contributed by atoms with Gasteiger partial charge in [0.25, 0.3) is 0 Å². The van der Waals surface area contributed by atoms with E-state index in [1.807, 2.05) is 0 Å². The van der Waals surface area contributed by atoms with Crippen molar-refractivity contribution >= 4 is 18.3 Å². The Labute approximate surface area is 134 Å². The van der Waals surface area contributed by atoms with Crippen LogP contribution in [0.1, 0.15) is 51.9 Å². The maximum Gasteiger partial charge on any atom is 0.237 e. The van der Waals surface area contributed by atoms with Gasteiger partial charge in [-0.25, -0.2) is 0 Å². The predicted octanol–water partition coefficient (Wildman–Crippen LogP) is 2.01. The fourth-order valence-corrected chi connectivity index (χ4v) is 3.94. The third-order valence-electron chi connectivity index (χ3n) is 5.43. The van der Waals surface area contributed by atoms with Gasteiger partial charge in [0, 0.05) is 18.6 Å². The summed E-state index contributed by atoms with van der Waals surface area (Å²) in [6.45, 7) is 5.60. The Balaban J connectivity index is 0.00000161. The van der Waals surface area contributed by atoms with Crippen molar-refractivity contribution < 1.29 is 4.79 Å². The topological polar surface area (TPSA) is 49.6 Å². The summed E-state index contributed by atoms with van der Waals surface area (Å²) in [5, 5.41) is 0. The van der Waals surface area contributed by atoms with E-state index >= 15 is 0 Å². The lowest BCUT2D eigenvalue weighted by Crippen LogP contribution is -2.46. The summed E-state index contributed by atoms with van der Waals surface area (Å²) in [5.74, 6) is 0.376. The van der Waals surface area contributed by atoms with Crippen molar-refractivity contribution in [1.29, 1.82) is 0 Å². The van der Waals surface area contributed by atoms with E-state index in [1.54, 1.807) is 0 Å². The van der Waals surface area contributed by atoms with E-state index in [4.69, 9.17) is 5.73 Å². The van der Waals surface area contributed by atoms with Gasteiger partial charge in [-0.15, -0.1) is 12.4 Å². The minimum absolute atomic E-state index is 0. The van der Waals surface area contributed by atoms with E-state index in [-0.39, 0.29) is 17.8 Å². The quantitative estimate of drug-likeness (QED) is 0.844. The molecule has 0 aromatic carbocycles. The molecule has 1 aliphatic heterocycles. The second-order valence-corrected chi connectivity index (χ2v) is 7.45. The molecule has 0 radical (unpaired) electrons. The largest absolute Gasteiger partial charge is 0.336 e. The molecule has 3 fully saturated rings. The first-order chi connectivity index (χ1) is 9.61. The molecule has 2 N–H and O–H groups in total. The Bertz CT molecular complexity index is 369. The van der Waals surface area contributed by atoms with Gasteiger partial charge in [0.05, 0.1) is 6.54 Å². The molecule has 21 heavy (non-hydrogen) atoms. The van der Waals surface area contributed by atoms with Crippen molar-refractivity contribution in [2.24, 2.45) is 11.1 Å². The molecule has 1 amide bonds. The minimum Gasteiger partial charge on any atom is -0.336 e. The number of likely N-dealkylation sites (tertiary alicyclic amines) is 1. The summed E-state index contributed by atoms with van der Waals surface area (Å²) in [5.41, 5.74) is 6.08. The second kappa shape index (κ2) is 6.84. The number of carbonyl (C=O) groups is 1. The minimum atomic E-state index is 0. The zero-order valence-corrected chi connectivity index (χ0v) is 14.0. The number of halogens is 1. The van der Waals surface area contributed by atoms with E-state index in [1.165, 1.54) is 38.5 Å². The third-order valence-corrected chi connectivity index (χ3v) is 5.43. The molecule has 4 nitrogen and oxygen atoms in total. The van der Waals surface area contributed by atoms with Crippen LogP contribution < -0.4 is 5.73 Å². The van der Waals surface area contributed by atoms with Crippen LogP contribution in [0.15, 0.2) is 0 Å². The first-order valence-electron chi connectivity index (χ1n) is 8.35. The fraction of sp³-hybridized carbons (Fsp3) is 0.938. The zero-order valence-electron chi connectivity index (χ0n) is 13.2. The number of amides is 1. The van der Waals surface area contributed by atoms with Crippen LogP contribution in [0.2, 0.25) is 0 Å². The van der Waals surface area contributed by atoms with Gasteiger partial charge in [-0.1, -0.05) is 19.8 Å². The van der Waals surface area contributed by atoms with Gasteiger partial charge in [-0.3, -0.25) is 9.69 Å². The molecule has 1 unspecified atom stereocenters. The van der Waals surface area contributed by atoms with E-state index in [0.717, 1.165) is 26.1 Å². The van der Waals surface area contributed by atoms with Crippen molar-refractivity contribution in [3.8, 4) is 0 Å². The third kappa shape index (κ3) is 3.91. The summed E-state index contributed by atoms with van der Waals surface area (Å²) in [4.78, 5) is 17.3. The van der Waals surface area contributed by atoms with Crippen molar-refractivity contribution in [3.63, 3.8) is 0 Å². The first-order valence-corrected chi connectivity index (χ1v) is 8.35. The molecule has 0 bridgehead atoms. The molecule has 0 aromatic heterocycles. The van der Waals surface area contributed by atoms with Crippen molar-refractivity contribution in [2.45, 2.75) is 64.0 Å². The monoisotopic (exact) mass is 315 g/mol. The first kappa shape index (κ1) is 17.0. The van der Waals surface area contributed by atoms with E-state index in [2.05, 4.69) is 16.7 Å².